The minimum absolute atomic E-state index is 0.0145. The van der Waals surface area contributed by atoms with Gasteiger partial charge in [0.1, 0.15) is 5.75 Å². The number of aromatic hydroxyl groups is 1. The molecular weight excluding hydrogens is 252 g/mol. The summed E-state index contributed by atoms with van der Waals surface area (Å²) in [4.78, 5) is 15.8. The van der Waals surface area contributed by atoms with Crippen molar-refractivity contribution in [2.24, 2.45) is 0 Å². The largest absolute Gasteiger partial charge is 0.506 e. The normalized spacial score (nSPS) is 10.1. The molecule has 2 aromatic rings. The third-order valence-electron chi connectivity index (χ3n) is 2.30. The minimum Gasteiger partial charge on any atom is -0.506 e. The maximum absolute atomic E-state index is 11.7. The second-order valence-electron chi connectivity index (χ2n) is 3.71. The van der Waals surface area contributed by atoms with Gasteiger partial charge in [-0.3, -0.25) is 9.78 Å². The molecule has 1 aromatic heterocycles. The Morgan fingerprint density at radius 2 is 2.17 bits per heavy atom. The zero-order valence-electron chi connectivity index (χ0n) is 9.43. The lowest BCUT2D eigenvalue weighted by atomic mass is 10.2. The van der Waals surface area contributed by atoms with Crippen molar-refractivity contribution in [3.8, 4) is 5.75 Å². The van der Waals surface area contributed by atoms with E-state index in [0.29, 0.717) is 11.4 Å². The molecule has 0 atom stereocenters. The van der Waals surface area contributed by atoms with Crippen molar-refractivity contribution in [3.05, 3.63) is 53.3 Å². The summed E-state index contributed by atoms with van der Waals surface area (Å²) in [6.45, 7) is 0. The molecule has 0 fully saturated rings. The van der Waals surface area contributed by atoms with E-state index in [2.05, 4.69) is 10.3 Å². The van der Waals surface area contributed by atoms with Crippen LogP contribution in [0.2, 0.25) is 5.02 Å². The number of anilines is 1. The quantitative estimate of drug-likeness (QED) is 0.836. The number of phenolic OH excluding ortho intramolecular Hbond substituents is 1. The van der Waals surface area contributed by atoms with E-state index in [9.17, 15) is 9.90 Å². The van der Waals surface area contributed by atoms with E-state index in [1.165, 1.54) is 12.1 Å². The zero-order valence-corrected chi connectivity index (χ0v) is 10.2. The maximum atomic E-state index is 11.7. The number of amides is 1. The molecule has 4 nitrogen and oxygen atoms in total. The molecule has 18 heavy (non-hydrogen) atoms. The average Bonchev–Trinajstić information content (AvgIpc) is 2.35. The van der Waals surface area contributed by atoms with E-state index in [-0.39, 0.29) is 23.1 Å². The highest BCUT2D eigenvalue weighted by molar-refractivity contribution is 6.32. The monoisotopic (exact) mass is 262 g/mol. The number of nitrogens with one attached hydrogen (secondary N) is 1. The van der Waals surface area contributed by atoms with E-state index in [1.807, 2.05) is 6.07 Å². The Kier molecular flexibility index (Phi) is 3.79. The molecule has 1 amide bonds. The molecule has 0 aliphatic carbocycles. The van der Waals surface area contributed by atoms with Crippen LogP contribution in [0.25, 0.3) is 0 Å². The van der Waals surface area contributed by atoms with Gasteiger partial charge < -0.3 is 10.4 Å². The molecule has 0 aliphatic heterocycles. The standard InChI is InChI=1S/C13H11ClN2O2/c14-11-7-10(4-5-12(11)17)16-13(18)8-9-3-1-2-6-15-9/h1-7,17H,8H2,(H,16,18). The highest BCUT2D eigenvalue weighted by Gasteiger charge is 2.06. The van der Waals surface area contributed by atoms with Crippen molar-refractivity contribution in [1.82, 2.24) is 4.98 Å². The van der Waals surface area contributed by atoms with E-state index in [1.54, 1.807) is 24.4 Å². The first kappa shape index (κ1) is 12.4. The lowest BCUT2D eigenvalue weighted by Crippen LogP contribution is -2.14. The minimum atomic E-state index is -0.185. The van der Waals surface area contributed by atoms with Gasteiger partial charge in [0.05, 0.1) is 11.4 Å². The summed E-state index contributed by atoms with van der Waals surface area (Å²) in [6.07, 6.45) is 1.83. The number of halogens is 1. The third-order valence-corrected chi connectivity index (χ3v) is 2.60. The van der Waals surface area contributed by atoms with Gasteiger partial charge >= 0.3 is 0 Å². The molecular formula is C13H11ClN2O2. The van der Waals surface area contributed by atoms with Crippen molar-refractivity contribution < 1.29 is 9.90 Å². The number of rotatable bonds is 3. The van der Waals surface area contributed by atoms with Crippen LogP contribution in [0.3, 0.4) is 0 Å². The van der Waals surface area contributed by atoms with Crippen molar-refractivity contribution >= 4 is 23.2 Å². The predicted octanol–water partition coefficient (Wildman–Crippen LogP) is 2.62. The van der Waals surface area contributed by atoms with Gasteiger partial charge in [-0.05, 0) is 30.3 Å². The molecule has 0 bridgehead atoms. The second-order valence-corrected chi connectivity index (χ2v) is 4.12. The topological polar surface area (TPSA) is 62.2 Å². The number of carbonyl (C=O) groups excluding carboxylic acids is 1. The Balaban J connectivity index is 2.01. The molecule has 0 radical (unpaired) electrons. The van der Waals surface area contributed by atoms with Crippen molar-refractivity contribution in [3.63, 3.8) is 0 Å². The van der Waals surface area contributed by atoms with Gasteiger partial charge in [-0.1, -0.05) is 17.7 Å². The smallest absolute Gasteiger partial charge is 0.230 e. The summed E-state index contributed by atoms with van der Waals surface area (Å²) in [5.74, 6) is -0.199. The number of hydrogen-bond acceptors (Lipinski definition) is 3. The van der Waals surface area contributed by atoms with Gasteiger partial charge in [-0.2, -0.15) is 0 Å². The van der Waals surface area contributed by atoms with Gasteiger partial charge in [0.25, 0.3) is 0 Å². The summed E-state index contributed by atoms with van der Waals surface area (Å²) >= 11 is 5.74. The zero-order chi connectivity index (χ0) is 13.0. The number of aromatic nitrogens is 1. The summed E-state index contributed by atoms with van der Waals surface area (Å²) in [5, 5.41) is 12.1. The van der Waals surface area contributed by atoms with Crippen LogP contribution < -0.4 is 5.32 Å². The van der Waals surface area contributed by atoms with E-state index < -0.39 is 0 Å². The number of phenols is 1. The van der Waals surface area contributed by atoms with Crippen LogP contribution in [-0.2, 0) is 11.2 Å². The fourth-order valence-corrected chi connectivity index (χ4v) is 1.64. The van der Waals surface area contributed by atoms with Gasteiger partial charge in [-0.15, -0.1) is 0 Å². The average molecular weight is 263 g/mol. The lowest BCUT2D eigenvalue weighted by molar-refractivity contribution is -0.115. The van der Waals surface area contributed by atoms with Crippen LogP contribution in [-0.4, -0.2) is 16.0 Å². The molecule has 0 aliphatic rings. The number of pyridine rings is 1. The first-order chi connectivity index (χ1) is 8.65. The van der Waals surface area contributed by atoms with Crippen molar-refractivity contribution in [2.75, 3.05) is 5.32 Å². The van der Waals surface area contributed by atoms with Gasteiger partial charge in [-0.25, -0.2) is 0 Å². The number of benzene rings is 1. The molecule has 5 heteroatoms. The molecule has 0 saturated heterocycles. The third kappa shape index (κ3) is 3.21. The van der Waals surface area contributed by atoms with Crippen LogP contribution in [0.15, 0.2) is 42.6 Å². The van der Waals surface area contributed by atoms with Crippen LogP contribution in [0.5, 0.6) is 5.75 Å². The summed E-state index contributed by atoms with van der Waals surface area (Å²) in [6, 6.07) is 9.90. The first-order valence-electron chi connectivity index (χ1n) is 5.33. The summed E-state index contributed by atoms with van der Waals surface area (Å²) in [5.41, 5.74) is 1.23. The molecule has 2 N–H and O–H groups in total. The molecule has 0 unspecified atom stereocenters. The molecule has 0 spiro atoms. The van der Waals surface area contributed by atoms with Crippen LogP contribution in [0, 0.1) is 0 Å². The second kappa shape index (κ2) is 5.51. The van der Waals surface area contributed by atoms with Crippen molar-refractivity contribution in [2.45, 2.75) is 6.42 Å². The molecule has 1 heterocycles. The molecule has 92 valence electrons. The molecule has 2 rings (SSSR count). The van der Waals surface area contributed by atoms with Crippen LogP contribution in [0.1, 0.15) is 5.69 Å². The molecule has 1 aromatic carbocycles. The SMILES string of the molecule is O=C(Cc1ccccn1)Nc1ccc(O)c(Cl)c1. The predicted molar refractivity (Wildman–Crippen MR) is 69.7 cm³/mol. The van der Waals surface area contributed by atoms with E-state index in [4.69, 9.17) is 11.6 Å². The fraction of sp³-hybridized carbons (Fsp3) is 0.0769. The molecule has 0 saturated carbocycles. The van der Waals surface area contributed by atoms with Gasteiger partial charge in [0.15, 0.2) is 0 Å². The number of hydrogen-bond donors (Lipinski definition) is 2. The van der Waals surface area contributed by atoms with Crippen molar-refractivity contribution in [1.29, 1.82) is 0 Å². The van der Waals surface area contributed by atoms with E-state index in [0.717, 1.165) is 0 Å². The first-order valence-corrected chi connectivity index (χ1v) is 5.71. The lowest BCUT2D eigenvalue weighted by Gasteiger charge is -2.06. The number of nitrogens with zero attached hydrogens (tertiary/aromatic N) is 1. The fourth-order valence-electron chi connectivity index (χ4n) is 1.46. The van der Waals surface area contributed by atoms with E-state index >= 15 is 0 Å². The highest BCUT2D eigenvalue weighted by atomic mass is 35.5. The van der Waals surface area contributed by atoms with Crippen LogP contribution in [0.4, 0.5) is 5.69 Å². The maximum Gasteiger partial charge on any atom is 0.230 e. The Bertz CT molecular complexity index is 558. The number of carbonyl (C=O) groups is 1. The van der Waals surface area contributed by atoms with Gasteiger partial charge in [0, 0.05) is 17.6 Å². The Labute approximate surface area is 109 Å². The Morgan fingerprint density at radius 1 is 1.33 bits per heavy atom. The van der Waals surface area contributed by atoms with Crippen LogP contribution >= 0.6 is 11.6 Å². The Hall–Kier alpha value is -2.07. The Morgan fingerprint density at radius 3 is 2.83 bits per heavy atom. The summed E-state index contributed by atoms with van der Waals surface area (Å²) in [7, 11) is 0. The van der Waals surface area contributed by atoms with Gasteiger partial charge in [0.2, 0.25) is 5.91 Å². The summed E-state index contributed by atoms with van der Waals surface area (Å²) < 4.78 is 0. The highest BCUT2D eigenvalue weighted by Crippen LogP contribution is 2.26.